The average molecular weight is 572 g/mol. The van der Waals surface area contributed by atoms with Gasteiger partial charge in [-0.2, -0.15) is 0 Å². The van der Waals surface area contributed by atoms with Crippen LogP contribution in [0.1, 0.15) is 97.4 Å². The maximum Gasteiger partial charge on any atom is 0.419 e. The van der Waals surface area contributed by atoms with Crippen molar-refractivity contribution < 1.29 is 28.6 Å². The summed E-state index contributed by atoms with van der Waals surface area (Å²) in [5.41, 5.74) is 2.54. The molecular formula is C35H41NO6. The SMILES string of the molecule is CC(=O)OC1=Cc2c(n(C(=O)OC(C)(C)C)c3ccccc23)[C@H](CC(OC(C)=O)=C(C)C)[C@@H](c2ccccc2)C1(C)C. The molecule has 0 unspecified atom stereocenters. The molecule has 3 aromatic rings. The van der Waals surface area contributed by atoms with Crippen LogP contribution in [-0.4, -0.2) is 28.2 Å². The Bertz CT molecular complexity index is 1580. The Kier molecular flexibility index (Phi) is 8.53. The van der Waals surface area contributed by atoms with Gasteiger partial charge in [0.15, 0.2) is 0 Å². The lowest BCUT2D eigenvalue weighted by Crippen LogP contribution is -2.33. The van der Waals surface area contributed by atoms with Crippen LogP contribution in [0.5, 0.6) is 0 Å². The Labute approximate surface area is 248 Å². The first-order valence-electron chi connectivity index (χ1n) is 14.3. The van der Waals surface area contributed by atoms with Gasteiger partial charge >= 0.3 is 18.0 Å². The summed E-state index contributed by atoms with van der Waals surface area (Å²) in [7, 11) is 0. The molecule has 1 aliphatic carbocycles. The van der Waals surface area contributed by atoms with Gasteiger partial charge in [-0.3, -0.25) is 9.59 Å². The molecule has 1 aromatic heterocycles. The lowest BCUT2D eigenvalue weighted by molar-refractivity contribution is -0.139. The predicted molar refractivity (Wildman–Crippen MR) is 164 cm³/mol. The number of carbonyl (C=O) groups is 3. The number of esters is 2. The lowest BCUT2D eigenvalue weighted by atomic mass is 9.66. The minimum Gasteiger partial charge on any atom is -0.443 e. The molecule has 0 radical (unpaired) electrons. The molecule has 222 valence electrons. The van der Waals surface area contributed by atoms with Crippen LogP contribution in [-0.2, 0) is 23.8 Å². The first-order chi connectivity index (χ1) is 19.6. The molecule has 1 heterocycles. The molecule has 0 saturated heterocycles. The van der Waals surface area contributed by atoms with Crippen molar-refractivity contribution in [2.45, 2.75) is 86.2 Å². The Balaban J connectivity index is 2.17. The van der Waals surface area contributed by atoms with Crippen molar-refractivity contribution >= 4 is 35.0 Å². The standard InChI is InChI=1S/C35H41NO6/c1-21(2)29(40-22(3)37)19-27-31(24-15-11-10-12-16-24)35(8,9)30(41-23(4)38)20-26-25-17-13-14-18-28(25)36(32(26)27)33(39)42-34(5,6)7/h10-18,20,27,31H,19H2,1-9H3/t27-,31-/m1/s1. The Morgan fingerprint density at radius 3 is 2.07 bits per heavy atom. The molecule has 0 N–H and O–H groups in total. The van der Waals surface area contributed by atoms with E-state index in [9.17, 15) is 14.4 Å². The van der Waals surface area contributed by atoms with Crippen LogP contribution in [0, 0.1) is 5.41 Å². The van der Waals surface area contributed by atoms with Crippen LogP contribution < -0.4 is 0 Å². The fraction of sp³-hybridized carbons (Fsp3) is 0.400. The number of hydrogen-bond acceptors (Lipinski definition) is 6. The van der Waals surface area contributed by atoms with Crippen LogP contribution >= 0.6 is 0 Å². The Hall–Kier alpha value is -4.13. The summed E-state index contributed by atoms with van der Waals surface area (Å²) in [4.78, 5) is 38.8. The van der Waals surface area contributed by atoms with Crippen LogP contribution in [0.25, 0.3) is 17.0 Å². The van der Waals surface area contributed by atoms with Gasteiger partial charge in [0.2, 0.25) is 0 Å². The molecule has 2 aromatic carbocycles. The third-order valence-electron chi connectivity index (χ3n) is 7.61. The minimum absolute atomic E-state index is 0.305. The number of ether oxygens (including phenoxy) is 3. The second-order valence-corrected chi connectivity index (χ2v) is 12.7. The first kappa shape index (κ1) is 30.8. The van der Waals surface area contributed by atoms with E-state index in [0.717, 1.165) is 22.1 Å². The van der Waals surface area contributed by atoms with E-state index < -0.39 is 35.0 Å². The van der Waals surface area contributed by atoms with Crippen LogP contribution in [0.2, 0.25) is 0 Å². The highest BCUT2D eigenvalue weighted by Crippen LogP contribution is 2.56. The highest BCUT2D eigenvalue weighted by Gasteiger charge is 2.47. The molecule has 1 aliphatic rings. The number of carbonyl (C=O) groups excluding carboxylic acids is 3. The van der Waals surface area contributed by atoms with Crippen molar-refractivity contribution in [3.8, 4) is 0 Å². The molecule has 0 saturated carbocycles. The van der Waals surface area contributed by atoms with Gasteiger partial charge in [-0.25, -0.2) is 9.36 Å². The van der Waals surface area contributed by atoms with Gasteiger partial charge in [0.25, 0.3) is 0 Å². The molecule has 7 heteroatoms. The smallest absolute Gasteiger partial charge is 0.419 e. The largest absolute Gasteiger partial charge is 0.443 e. The van der Waals surface area contributed by atoms with Crippen molar-refractivity contribution in [3.63, 3.8) is 0 Å². The zero-order valence-electron chi connectivity index (χ0n) is 26.0. The topological polar surface area (TPSA) is 83.8 Å². The van der Waals surface area contributed by atoms with Crippen molar-refractivity contribution in [1.29, 1.82) is 0 Å². The molecule has 0 aliphatic heterocycles. The van der Waals surface area contributed by atoms with Crippen LogP contribution in [0.15, 0.2) is 71.7 Å². The summed E-state index contributed by atoms with van der Waals surface area (Å²) in [6.07, 6.45) is 1.70. The third kappa shape index (κ3) is 6.20. The second kappa shape index (κ2) is 11.6. The van der Waals surface area contributed by atoms with Gasteiger partial charge in [0.05, 0.1) is 5.52 Å². The minimum atomic E-state index is -0.741. The molecule has 7 nitrogen and oxygen atoms in total. The van der Waals surface area contributed by atoms with E-state index in [-0.39, 0.29) is 5.92 Å². The molecule has 4 rings (SSSR count). The number of fused-ring (bicyclic) bond motifs is 3. The number of hydrogen-bond donors (Lipinski definition) is 0. The number of nitrogens with zero attached hydrogens (tertiary/aromatic N) is 1. The zero-order chi connectivity index (χ0) is 31.0. The van der Waals surface area contributed by atoms with Gasteiger partial charge in [0, 0.05) is 54.2 Å². The maximum absolute atomic E-state index is 14.1. The van der Waals surface area contributed by atoms with Gasteiger partial charge in [0.1, 0.15) is 17.1 Å². The van der Waals surface area contributed by atoms with Crippen molar-refractivity contribution in [3.05, 3.63) is 88.5 Å². The summed E-state index contributed by atoms with van der Waals surface area (Å²) in [6.45, 7) is 16.2. The number of rotatable bonds is 5. The molecule has 2 atom stereocenters. The predicted octanol–water partition coefficient (Wildman–Crippen LogP) is 8.48. The van der Waals surface area contributed by atoms with E-state index in [4.69, 9.17) is 14.2 Å². The van der Waals surface area contributed by atoms with Crippen molar-refractivity contribution in [2.75, 3.05) is 0 Å². The monoisotopic (exact) mass is 571 g/mol. The van der Waals surface area contributed by atoms with Crippen molar-refractivity contribution in [2.24, 2.45) is 5.41 Å². The van der Waals surface area contributed by atoms with E-state index >= 15 is 0 Å². The van der Waals surface area contributed by atoms with E-state index in [2.05, 4.69) is 0 Å². The maximum atomic E-state index is 14.1. The third-order valence-corrected chi connectivity index (χ3v) is 7.61. The molecule has 0 amide bonds. The number of para-hydroxylation sites is 1. The lowest BCUT2D eigenvalue weighted by Gasteiger charge is -2.40. The molecule has 0 bridgehead atoms. The van der Waals surface area contributed by atoms with Crippen LogP contribution in [0.3, 0.4) is 0 Å². The van der Waals surface area contributed by atoms with E-state index in [1.807, 2.05) is 109 Å². The summed E-state index contributed by atoms with van der Waals surface area (Å²) in [5.74, 6) is -0.520. The summed E-state index contributed by atoms with van der Waals surface area (Å²) in [6, 6.07) is 17.6. The summed E-state index contributed by atoms with van der Waals surface area (Å²) >= 11 is 0. The molecule has 0 spiro atoms. The normalized spacial score (nSPS) is 17.9. The quantitative estimate of drug-likeness (QED) is 0.173. The average Bonchev–Trinajstić information content (AvgIpc) is 3.16. The Morgan fingerprint density at radius 1 is 0.881 bits per heavy atom. The van der Waals surface area contributed by atoms with E-state index in [1.54, 1.807) is 4.57 Å². The zero-order valence-corrected chi connectivity index (χ0v) is 26.0. The fourth-order valence-corrected chi connectivity index (χ4v) is 6.00. The number of benzene rings is 2. The summed E-state index contributed by atoms with van der Waals surface area (Å²) < 4.78 is 19.4. The van der Waals surface area contributed by atoms with Gasteiger partial charge in [-0.15, -0.1) is 0 Å². The van der Waals surface area contributed by atoms with Gasteiger partial charge in [-0.05, 0) is 57.9 Å². The molecule has 42 heavy (non-hydrogen) atoms. The van der Waals surface area contributed by atoms with E-state index in [1.165, 1.54) is 13.8 Å². The van der Waals surface area contributed by atoms with Gasteiger partial charge < -0.3 is 14.2 Å². The molecule has 0 fully saturated rings. The first-order valence-corrected chi connectivity index (χ1v) is 14.3. The van der Waals surface area contributed by atoms with E-state index in [0.29, 0.717) is 29.1 Å². The van der Waals surface area contributed by atoms with Crippen LogP contribution in [0.4, 0.5) is 4.79 Å². The highest BCUT2D eigenvalue weighted by atomic mass is 16.6. The fourth-order valence-electron chi connectivity index (χ4n) is 6.00. The summed E-state index contributed by atoms with van der Waals surface area (Å²) in [5, 5.41) is 0.823. The number of aromatic nitrogens is 1. The van der Waals surface area contributed by atoms with Gasteiger partial charge in [-0.1, -0.05) is 62.4 Å². The second-order valence-electron chi connectivity index (χ2n) is 12.7. The number of allylic oxidation sites excluding steroid dienone is 3. The highest BCUT2D eigenvalue weighted by molar-refractivity contribution is 5.98. The molecular weight excluding hydrogens is 530 g/mol. The Morgan fingerprint density at radius 2 is 1.50 bits per heavy atom. The van der Waals surface area contributed by atoms with Crippen molar-refractivity contribution in [1.82, 2.24) is 4.57 Å².